The van der Waals surface area contributed by atoms with Gasteiger partial charge in [-0.1, -0.05) is 49.4 Å². The zero-order valence-corrected chi connectivity index (χ0v) is 22.1. The minimum Gasteiger partial charge on any atom is -0.654 e. The zero-order valence-electron chi connectivity index (χ0n) is 19.9. The summed E-state index contributed by atoms with van der Waals surface area (Å²) in [5, 5.41) is 8.12. The maximum atomic E-state index is 7.75. The molecule has 2 unspecified atom stereocenters. The predicted octanol–water partition coefficient (Wildman–Crippen LogP) is 4.55. The van der Waals surface area contributed by atoms with Crippen LogP contribution in [0.25, 0.3) is 5.32 Å². The summed E-state index contributed by atoms with van der Waals surface area (Å²) in [4.78, 5) is 27.7. The van der Waals surface area contributed by atoms with Gasteiger partial charge in [0.1, 0.15) is 0 Å². The number of hydrogen-bond donors (Lipinski definition) is 0. The van der Waals surface area contributed by atoms with Crippen molar-refractivity contribution in [1.29, 1.82) is 0 Å². The van der Waals surface area contributed by atoms with Crippen molar-refractivity contribution in [2.24, 2.45) is 5.92 Å². The van der Waals surface area contributed by atoms with E-state index in [-0.39, 0.29) is 17.1 Å². The maximum Gasteiger partial charge on any atom is 0.0970 e. The van der Waals surface area contributed by atoms with E-state index in [2.05, 4.69) is 99.0 Å². The van der Waals surface area contributed by atoms with Crippen LogP contribution in [-0.4, -0.2) is 37.1 Å². The second-order valence-electron chi connectivity index (χ2n) is 7.75. The average molecular weight is 530 g/mol. The first-order valence-corrected chi connectivity index (χ1v) is 12.7. The van der Waals surface area contributed by atoms with Crippen LogP contribution >= 0.6 is 7.92 Å². The fourth-order valence-electron chi connectivity index (χ4n) is 4.62. The van der Waals surface area contributed by atoms with Crippen molar-refractivity contribution in [2.45, 2.75) is 44.4 Å². The van der Waals surface area contributed by atoms with Crippen LogP contribution in [-0.2, 0) is 38.0 Å². The van der Waals surface area contributed by atoms with Gasteiger partial charge in [-0.2, -0.15) is 0 Å². The summed E-state index contributed by atoms with van der Waals surface area (Å²) < 4.78 is 0. The van der Waals surface area contributed by atoms with Crippen molar-refractivity contribution in [3.8, 4) is 0 Å². The molecule has 5 nitrogen and oxygen atoms in total. The number of benzene rings is 2. The van der Waals surface area contributed by atoms with Gasteiger partial charge in [-0.05, 0) is 61.6 Å². The first-order chi connectivity index (χ1) is 16.8. The molecule has 1 aliphatic carbocycles. The Hall–Kier alpha value is -2.49. The molecule has 1 saturated carbocycles. The molecule has 3 aromatic rings. The third kappa shape index (κ3) is 9.95. The number of aromatic nitrogens is 1. The summed E-state index contributed by atoms with van der Waals surface area (Å²) >= 11 is 0. The van der Waals surface area contributed by atoms with Gasteiger partial charge in [0.05, 0.1) is 24.2 Å². The molecule has 1 radical (unpaired) electrons. The molecule has 2 aromatic carbocycles. The van der Waals surface area contributed by atoms with E-state index < -0.39 is 7.92 Å². The smallest absolute Gasteiger partial charge is 0.0970 e. The number of hydrogen-bond acceptors (Lipinski definition) is 4. The summed E-state index contributed by atoms with van der Waals surface area (Å²) in [5.74, 6) is 0.665. The van der Waals surface area contributed by atoms with E-state index in [1.165, 1.54) is 29.9 Å². The normalized spacial score (nSPS) is 16.6. The van der Waals surface area contributed by atoms with E-state index >= 15 is 0 Å². The number of carbonyl (C=O) groups excluding carboxylic acids is 3. The van der Waals surface area contributed by atoms with Crippen LogP contribution < -0.4 is 10.6 Å². The van der Waals surface area contributed by atoms with Crippen LogP contribution in [0.4, 0.5) is 0 Å². The van der Waals surface area contributed by atoms with E-state index in [1.54, 1.807) is 0 Å². The third-order valence-corrected chi connectivity index (χ3v) is 9.37. The van der Waals surface area contributed by atoms with E-state index in [0.717, 1.165) is 17.9 Å². The third-order valence-electron chi connectivity index (χ3n) is 6.00. The molecule has 0 amide bonds. The summed E-state index contributed by atoms with van der Waals surface area (Å²) in [6.07, 6.45) is 5.81. The molecule has 1 aliphatic rings. The van der Waals surface area contributed by atoms with Gasteiger partial charge in [-0.15, -0.1) is 12.6 Å². The molecule has 35 heavy (non-hydrogen) atoms. The molecule has 0 aliphatic heterocycles. The number of rotatable bonds is 7. The molecule has 4 rings (SSSR count). The van der Waals surface area contributed by atoms with E-state index in [9.17, 15) is 0 Å². The Morgan fingerprint density at radius 3 is 1.83 bits per heavy atom. The summed E-state index contributed by atoms with van der Waals surface area (Å²) in [6, 6.07) is 28.9. The van der Waals surface area contributed by atoms with Crippen LogP contribution in [0.5, 0.6) is 0 Å². The molecular weight excluding hydrogens is 498 g/mol. The average Bonchev–Trinajstić information content (AvgIpc) is 3.42. The van der Waals surface area contributed by atoms with Gasteiger partial charge in [0.15, 0.2) is 0 Å². The molecule has 1 fully saturated rings. The summed E-state index contributed by atoms with van der Waals surface area (Å²) in [7, 11) is -0.828. The Bertz CT molecular complexity index is 862. The minimum atomic E-state index is -0.828. The van der Waals surface area contributed by atoms with Gasteiger partial charge >= 0.3 is 0 Å². The van der Waals surface area contributed by atoms with E-state index in [0.29, 0.717) is 12.0 Å². The second kappa shape index (κ2) is 19.8. The minimum absolute atomic E-state index is 0. The fraction of sp³-hybridized carbons (Fsp3) is 0.286. The first kappa shape index (κ1) is 32.5. The topological polar surface area (TPSA) is 78.2 Å². The first-order valence-electron chi connectivity index (χ1n) is 11.1. The fourth-order valence-corrected chi connectivity index (χ4v) is 8.28. The molecule has 0 N–H and O–H groups in total. The van der Waals surface area contributed by atoms with Crippen LogP contribution in [0.2, 0.25) is 0 Å². The number of nitrogens with zero attached hydrogens (tertiary/aromatic N) is 2. The Morgan fingerprint density at radius 1 is 0.829 bits per heavy atom. The molecular formula is C28H32MnN2O3P-3. The van der Waals surface area contributed by atoms with Gasteiger partial charge in [0.2, 0.25) is 0 Å². The van der Waals surface area contributed by atoms with Crippen molar-refractivity contribution in [3.05, 3.63) is 96.1 Å². The van der Waals surface area contributed by atoms with Crippen LogP contribution in [0.15, 0.2) is 85.1 Å². The predicted molar refractivity (Wildman–Crippen MR) is 143 cm³/mol. The Morgan fingerprint density at radius 2 is 1.34 bits per heavy atom. The monoisotopic (exact) mass is 530 g/mol. The van der Waals surface area contributed by atoms with Gasteiger partial charge in [0, 0.05) is 29.0 Å². The molecule has 1 heterocycles. The van der Waals surface area contributed by atoms with Crippen LogP contribution in [0.3, 0.4) is 0 Å². The van der Waals surface area contributed by atoms with Crippen LogP contribution in [0, 0.1) is 5.92 Å². The van der Waals surface area contributed by atoms with Gasteiger partial charge < -0.3 is 19.7 Å². The van der Waals surface area contributed by atoms with Gasteiger partial charge in [-0.25, -0.2) is 0 Å². The second-order valence-corrected chi connectivity index (χ2v) is 10.5. The summed E-state index contributed by atoms with van der Waals surface area (Å²) in [5.41, 5.74) is 1.80. The van der Waals surface area contributed by atoms with Gasteiger partial charge in [-0.3, -0.25) is 25.4 Å². The molecule has 1 aromatic heterocycles. The zero-order chi connectivity index (χ0) is 25.2. The number of pyridine rings is 1. The summed E-state index contributed by atoms with van der Waals surface area (Å²) in [6.45, 7) is 12.8. The molecule has 3 atom stereocenters. The Balaban J connectivity index is 0.00000154. The van der Waals surface area contributed by atoms with Crippen molar-refractivity contribution >= 4 is 38.9 Å². The SMILES string of the molecule is C[C@H]([N-]Cc1ccccn1)C1CCCC1[PH+](c1ccccc1)c1ccccc1.[CH-]=O.[CH-]=O.[CH-]=O.[Mn]. The van der Waals surface area contributed by atoms with Crippen molar-refractivity contribution < 1.29 is 31.5 Å². The standard InChI is InChI=1S/C25H28N2P.3CHO.Mn/c1-20(27-19-21-11-8-9-18-26-21)24-16-10-17-25(24)28(22-12-4-2-5-13-22)23-14-6-3-7-15-23;3*1-2;/h2-9,11-15,18,20,24-25H,10,16-17,19H2,1H3;3*1H;/q4*-1;/p+1/t20-,24?,25?;;;;/m0..../s1. The van der Waals surface area contributed by atoms with Crippen molar-refractivity contribution in [2.75, 3.05) is 0 Å². The Kier molecular flexibility index (Phi) is 18.4. The van der Waals surface area contributed by atoms with Crippen molar-refractivity contribution in [1.82, 2.24) is 4.98 Å². The largest absolute Gasteiger partial charge is 0.654 e. The maximum absolute atomic E-state index is 7.75. The molecule has 7 heteroatoms. The van der Waals surface area contributed by atoms with Crippen molar-refractivity contribution in [3.63, 3.8) is 0 Å². The molecule has 0 saturated heterocycles. The molecule has 0 spiro atoms. The van der Waals surface area contributed by atoms with E-state index in [4.69, 9.17) is 19.7 Å². The molecule has 187 valence electrons. The quantitative estimate of drug-likeness (QED) is 0.194. The van der Waals surface area contributed by atoms with E-state index in [1.807, 2.05) is 18.3 Å². The van der Waals surface area contributed by atoms with Gasteiger partial charge in [0.25, 0.3) is 0 Å². The molecule has 0 bridgehead atoms. The Labute approximate surface area is 221 Å². The van der Waals surface area contributed by atoms with Crippen LogP contribution in [0.1, 0.15) is 31.9 Å².